The third-order valence-electron chi connectivity index (χ3n) is 15.4. The van der Waals surface area contributed by atoms with Crippen LogP contribution in [-0.4, -0.2) is 90.1 Å². The van der Waals surface area contributed by atoms with Crippen molar-refractivity contribution in [2.75, 3.05) is 0 Å². The molecule has 4 saturated heterocycles. The summed E-state index contributed by atoms with van der Waals surface area (Å²) in [5, 5.41) is 3.47. The third-order valence-corrected chi connectivity index (χ3v) is 18.8. The van der Waals surface area contributed by atoms with Gasteiger partial charge in [-0.25, -0.2) is 0 Å². The Morgan fingerprint density at radius 2 is 0.830 bits per heavy atom. The molecule has 5 aliphatic carbocycles. The Labute approximate surface area is 292 Å². The molecule has 0 N–H and O–H groups in total. The Bertz CT molecular complexity index is 1330. The standard InChI is InChI=1S/C42H55N3S2/c1-3-11-26(12-4-1)28-19-21-30-34(23-28)45-35-24-29(27-13-5-2-6-14-27)20-22-31(35)44-33-16-8-10-18-37(33)47-39-25-38-40(42(45)41(39)44)43(30)32-15-7-9-17-36(32)46-38/h1-6,11-14,28-42H,7-10,15-25H2. The third kappa shape index (κ3) is 4.57. The summed E-state index contributed by atoms with van der Waals surface area (Å²) < 4.78 is 0. The Kier molecular flexibility index (Phi) is 7.46. The number of benzene rings is 2. The van der Waals surface area contributed by atoms with Gasteiger partial charge in [-0.15, -0.1) is 0 Å². The van der Waals surface area contributed by atoms with Crippen molar-refractivity contribution in [2.24, 2.45) is 0 Å². The maximum Gasteiger partial charge on any atom is 0.0436 e. The highest BCUT2D eigenvalue weighted by Gasteiger charge is 2.69. The number of fused-ring (bicyclic) bond motifs is 10. The van der Waals surface area contributed by atoms with Crippen LogP contribution in [0.15, 0.2) is 60.7 Å². The van der Waals surface area contributed by atoms with Crippen molar-refractivity contribution >= 4 is 23.5 Å². The zero-order chi connectivity index (χ0) is 30.6. The minimum Gasteiger partial charge on any atom is -0.289 e. The quantitative estimate of drug-likeness (QED) is 0.296. The van der Waals surface area contributed by atoms with Crippen LogP contribution in [0.25, 0.3) is 0 Å². The Morgan fingerprint density at radius 1 is 0.383 bits per heavy atom. The average molecular weight is 666 g/mol. The molecule has 0 spiro atoms. The number of hydrogen-bond donors (Lipinski definition) is 0. The zero-order valence-electron chi connectivity index (χ0n) is 28.2. The van der Waals surface area contributed by atoms with E-state index < -0.39 is 0 Å². The number of nitrogens with zero attached hydrogens (tertiary/aromatic N) is 3. The lowest BCUT2D eigenvalue weighted by Gasteiger charge is -2.76. The zero-order valence-corrected chi connectivity index (χ0v) is 29.8. The summed E-state index contributed by atoms with van der Waals surface area (Å²) in [4.78, 5) is 10.1. The summed E-state index contributed by atoms with van der Waals surface area (Å²) in [7, 11) is 0. The van der Waals surface area contributed by atoms with Crippen molar-refractivity contribution in [3.05, 3.63) is 71.8 Å². The first-order chi connectivity index (χ1) is 23.3. The predicted molar refractivity (Wildman–Crippen MR) is 198 cm³/mol. The lowest BCUT2D eigenvalue weighted by atomic mass is 9.64. The van der Waals surface area contributed by atoms with Gasteiger partial charge in [0.1, 0.15) is 0 Å². The molecule has 14 unspecified atom stereocenters. The molecule has 47 heavy (non-hydrogen) atoms. The molecule has 5 saturated carbocycles. The van der Waals surface area contributed by atoms with Gasteiger partial charge >= 0.3 is 0 Å². The van der Waals surface area contributed by atoms with E-state index in [0.29, 0.717) is 0 Å². The van der Waals surface area contributed by atoms with Crippen LogP contribution in [0.2, 0.25) is 0 Å². The highest BCUT2D eigenvalue weighted by atomic mass is 32.2. The van der Waals surface area contributed by atoms with E-state index in [1.165, 1.54) is 96.3 Å². The lowest BCUT2D eigenvalue weighted by molar-refractivity contribution is -0.210. The van der Waals surface area contributed by atoms with Crippen molar-refractivity contribution in [2.45, 2.75) is 184 Å². The Morgan fingerprint density at radius 3 is 1.32 bits per heavy atom. The normalized spacial score (nSPS) is 49.1. The van der Waals surface area contributed by atoms with E-state index in [-0.39, 0.29) is 0 Å². The van der Waals surface area contributed by atoms with Gasteiger partial charge in [-0.05, 0) is 93.6 Å². The van der Waals surface area contributed by atoms with E-state index in [0.717, 1.165) is 87.2 Å². The van der Waals surface area contributed by atoms with Gasteiger partial charge in [-0.1, -0.05) is 86.3 Å². The highest BCUT2D eigenvalue weighted by Crippen LogP contribution is 2.62. The fourth-order valence-electron chi connectivity index (χ4n) is 13.8. The van der Waals surface area contributed by atoms with E-state index in [4.69, 9.17) is 0 Å². The average Bonchev–Trinajstić information content (AvgIpc) is 3.14. The lowest BCUT2D eigenvalue weighted by Crippen LogP contribution is -2.88. The van der Waals surface area contributed by atoms with Crippen LogP contribution in [0, 0.1) is 0 Å². The number of rotatable bonds is 2. The van der Waals surface area contributed by atoms with Crippen LogP contribution < -0.4 is 0 Å². The molecule has 14 atom stereocenters. The summed E-state index contributed by atoms with van der Waals surface area (Å²) in [6, 6.07) is 30.5. The number of thioether (sulfide) groups is 2. The topological polar surface area (TPSA) is 9.72 Å². The maximum atomic E-state index is 3.41. The minimum absolute atomic E-state index is 0.721. The molecule has 11 rings (SSSR count). The first-order valence-corrected chi connectivity index (χ1v) is 21.9. The fraction of sp³-hybridized carbons (Fsp3) is 0.714. The van der Waals surface area contributed by atoms with Gasteiger partial charge in [0.2, 0.25) is 0 Å². The van der Waals surface area contributed by atoms with Crippen molar-refractivity contribution < 1.29 is 0 Å². The largest absolute Gasteiger partial charge is 0.289 e. The number of hydrogen-bond acceptors (Lipinski definition) is 5. The fourth-order valence-corrected chi connectivity index (χ4v) is 17.9. The second-order valence-corrected chi connectivity index (χ2v) is 20.3. The van der Waals surface area contributed by atoms with E-state index in [2.05, 4.69) is 98.9 Å². The van der Waals surface area contributed by atoms with E-state index in [1.807, 2.05) is 0 Å². The van der Waals surface area contributed by atoms with Gasteiger partial charge in [0.15, 0.2) is 0 Å². The molecule has 250 valence electrons. The minimum atomic E-state index is 0.721. The summed E-state index contributed by atoms with van der Waals surface area (Å²) in [6.45, 7) is 0. The maximum absolute atomic E-state index is 3.41. The first-order valence-electron chi connectivity index (χ1n) is 20.0. The van der Waals surface area contributed by atoms with Crippen LogP contribution in [0.1, 0.15) is 119 Å². The Balaban J connectivity index is 1.06. The van der Waals surface area contributed by atoms with Crippen LogP contribution in [-0.2, 0) is 0 Å². The van der Waals surface area contributed by atoms with Gasteiger partial charge < -0.3 is 0 Å². The second kappa shape index (κ2) is 11.8. The second-order valence-electron chi connectivity index (χ2n) is 17.3. The predicted octanol–water partition coefficient (Wildman–Crippen LogP) is 8.69. The van der Waals surface area contributed by atoms with Crippen LogP contribution >= 0.6 is 23.5 Å². The summed E-state index contributed by atoms with van der Waals surface area (Å²) in [5.74, 6) is 1.44. The van der Waals surface area contributed by atoms with Gasteiger partial charge in [0.05, 0.1) is 0 Å². The molecule has 2 aromatic carbocycles. The summed E-state index contributed by atoms with van der Waals surface area (Å²) in [5.41, 5.74) is 3.24. The number of piperazine rings is 2. The van der Waals surface area contributed by atoms with Gasteiger partial charge in [0, 0.05) is 75.4 Å². The van der Waals surface area contributed by atoms with E-state index in [1.54, 1.807) is 11.1 Å². The van der Waals surface area contributed by atoms with E-state index in [9.17, 15) is 0 Å². The molecule has 5 heteroatoms. The molecule has 9 aliphatic rings. The smallest absolute Gasteiger partial charge is 0.0436 e. The first kappa shape index (κ1) is 29.7. The van der Waals surface area contributed by atoms with Crippen LogP contribution in [0.4, 0.5) is 0 Å². The molecule has 0 bridgehead atoms. The molecule has 9 fully saturated rings. The molecule has 4 heterocycles. The molecular weight excluding hydrogens is 611 g/mol. The van der Waals surface area contributed by atoms with Crippen LogP contribution in [0.3, 0.4) is 0 Å². The van der Waals surface area contributed by atoms with Gasteiger partial charge in [-0.2, -0.15) is 23.5 Å². The molecule has 0 aromatic heterocycles. The van der Waals surface area contributed by atoms with Gasteiger partial charge in [-0.3, -0.25) is 14.7 Å². The molecule has 0 amide bonds. The molecule has 4 aliphatic heterocycles. The SMILES string of the molecule is c1ccc(C2CCC3C(C2)N2C4CC(c5ccccc5)CCC4N4C5CCCCC5SC5CC6SC7CCCCC7N3C6C2C54)cc1. The van der Waals surface area contributed by atoms with Crippen LogP contribution in [0.5, 0.6) is 0 Å². The van der Waals surface area contributed by atoms with E-state index >= 15 is 0 Å². The summed E-state index contributed by atoms with van der Waals surface area (Å²) >= 11 is 5.06. The summed E-state index contributed by atoms with van der Waals surface area (Å²) in [6.07, 6.45) is 21.7. The molecule has 2 aromatic rings. The molecule has 3 nitrogen and oxygen atoms in total. The van der Waals surface area contributed by atoms with Crippen molar-refractivity contribution in [3.63, 3.8) is 0 Å². The van der Waals surface area contributed by atoms with Crippen molar-refractivity contribution in [1.82, 2.24) is 14.7 Å². The molecule has 0 radical (unpaired) electrons. The van der Waals surface area contributed by atoms with Gasteiger partial charge in [0.25, 0.3) is 0 Å². The van der Waals surface area contributed by atoms with Crippen molar-refractivity contribution in [1.29, 1.82) is 0 Å². The molecular formula is C42H55N3S2. The highest BCUT2D eigenvalue weighted by molar-refractivity contribution is 8.01. The Hall–Kier alpha value is -0.980. The van der Waals surface area contributed by atoms with Crippen molar-refractivity contribution in [3.8, 4) is 0 Å². The monoisotopic (exact) mass is 665 g/mol.